The number of carbonyl (C=O) groups is 1. The molecule has 0 fully saturated rings. The Bertz CT molecular complexity index is 249. The fourth-order valence-corrected chi connectivity index (χ4v) is 0.621. The first-order chi connectivity index (χ1) is 5.58. The zero-order valence-electron chi connectivity index (χ0n) is 7.81. The summed E-state index contributed by atoms with van der Waals surface area (Å²) in [6.45, 7) is 2.26. The third-order valence-electron chi connectivity index (χ3n) is 1.15. The first-order valence-electron chi connectivity index (χ1n) is 3.71. The van der Waals surface area contributed by atoms with Gasteiger partial charge in [-0.2, -0.15) is 0 Å². The molecule has 1 unspecified atom stereocenters. The predicted octanol–water partition coefficient (Wildman–Crippen LogP) is -1.03. The quantitative estimate of drug-likeness (QED) is 0.432. The van der Waals surface area contributed by atoms with Crippen LogP contribution >= 0.6 is 7.60 Å². The lowest BCUT2D eigenvalue weighted by atomic mass is 10.3. The fourth-order valence-electron chi connectivity index (χ4n) is 0.365. The molecule has 0 spiro atoms. The van der Waals surface area contributed by atoms with Gasteiger partial charge in [0.25, 0.3) is 0 Å². The van der Waals surface area contributed by atoms with Crippen LogP contribution in [0.5, 0.6) is 0 Å². The van der Waals surface area contributed by atoms with Crippen LogP contribution in [0.25, 0.3) is 0 Å². The van der Waals surface area contributed by atoms with Crippen molar-refractivity contribution in [1.82, 2.24) is 5.32 Å². The smallest absolute Gasteiger partial charge is 0.341 e. The lowest BCUT2D eigenvalue weighted by Crippen LogP contribution is -2.42. The Balaban J connectivity index is 4.53. The third kappa shape index (κ3) is 3.82. The van der Waals surface area contributed by atoms with Gasteiger partial charge in [-0.05, 0) is 13.8 Å². The maximum absolute atomic E-state index is 10.9. The second-order valence-electron chi connectivity index (χ2n) is 2.41. The van der Waals surface area contributed by atoms with Crippen LogP contribution in [-0.2, 0) is 9.36 Å². The second-order valence-corrected chi connectivity index (χ2v) is 4.17. The molecule has 2 atom stereocenters. The van der Waals surface area contributed by atoms with Crippen LogP contribution in [0.2, 0.25) is 0 Å². The highest BCUT2D eigenvalue weighted by Crippen LogP contribution is 2.38. The van der Waals surface area contributed by atoms with E-state index in [1.807, 2.05) is 5.32 Å². The Hall–Kier alpha value is -0.420. The fraction of sp³-hybridized carbons (Fsp3) is 0.800. The minimum Gasteiger partial charge on any atom is -0.341 e. The Labute approximate surface area is 71.7 Å². The molecule has 0 aliphatic carbocycles. The highest BCUT2D eigenvalue weighted by molar-refractivity contribution is 7.52. The number of hydrogen-bond acceptors (Lipinski definition) is 3. The Morgan fingerprint density at radius 3 is 2.33 bits per heavy atom. The predicted molar refractivity (Wildman–Crippen MR) is 43.3 cm³/mol. The van der Waals surface area contributed by atoms with Crippen molar-refractivity contribution in [3.05, 3.63) is 0 Å². The van der Waals surface area contributed by atoms with Crippen LogP contribution < -0.4 is 11.1 Å². The Morgan fingerprint density at radius 2 is 2.08 bits per heavy atom. The topological polar surface area (TPSA) is 113 Å². The van der Waals surface area contributed by atoms with Gasteiger partial charge in [-0.15, -0.1) is 0 Å². The van der Waals surface area contributed by atoms with E-state index in [1.165, 1.54) is 6.92 Å². The molecule has 0 saturated carbocycles. The summed E-state index contributed by atoms with van der Waals surface area (Å²) in [4.78, 5) is 28.2. The zero-order valence-corrected chi connectivity index (χ0v) is 7.71. The molecule has 12 heavy (non-hydrogen) atoms. The largest absolute Gasteiger partial charge is 0.347 e. The van der Waals surface area contributed by atoms with Gasteiger partial charge in [-0.1, -0.05) is 0 Å². The molecular formula is C5H13N2O4P. The van der Waals surface area contributed by atoms with Crippen molar-refractivity contribution >= 4 is 13.5 Å². The van der Waals surface area contributed by atoms with Crippen LogP contribution in [0.4, 0.5) is 0 Å². The van der Waals surface area contributed by atoms with Gasteiger partial charge in [0.2, 0.25) is 5.91 Å². The molecule has 1 amide bonds. The summed E-state index contributed by atoms with van der Waals surface area (Å²) in [7, 11) is -4.68. The average Bonchev–Trinajstić information content (AvgIpc) is 1.83. The molecule has 0 bridgehead atoms. The molecule has 0 aliphatic heterocycles. The van der Waals surface area contributed by atoms with Gasteiger partial charge >= 0.3 is 7.60 Å². The Kier molecular flexibility index (Phi) is 3.22. The number of nitrogens with two attached hydrogens (primary N) is 1. The lowest BCUT2D eigenvalue weighted by Gasteiger charge is -2.16. The van der Waals surface area contributed by atoms with Gasteiger partial charge in [-0.25, -0.2) is 0 Å². The number of carbonyl (C=O) groups excluding carboxylic acids is 1. The molecule has 0 aromatic carbocycles. The molecule has 0 saturated heterocycles. The third-order valence-corrected chi connectivity index (χ3v) is 2.14. The zero-order chi connectivity index (χ0) is 10.9. The van der Waals surface area contributed by atoms with Gasteiger partial charge in [0, 0.05) is 0 Å². The molecule has 6 nitrogen and oxygen atoms in total. The number of nitrogens with one attached hydrogen (secondary N) is 1. The minimum atomic E-state index is -4.68. The standard InChI is InChI=1S/C5H13N2O4P/c1-3(6)5(8)7-4(2)12(9,10)11/h3-4H,6H2,1-2H3,(H,7,8)(H2,9,10,11)/t3-,4?/m0/s1/i4D. The first-order valence-corrected chi connectivity index (χ1v) is 4.82. The average molecular weight is 197 g/mol. The summed E-state index contributed by atoms with van der Waals surface area (Å²) in [5.41, 5.74) is 5.14. The summed E-state index contributed by atoms with van der Waals surface area (Å²) < 4.78 is 17.8. The molecule has 0 aliphatic rings. The number of amides is 1. The normalized spacial score (nSPS) is 20.6. The van der Waals surface area contributed by atoms with Gasteiger partial charge < -0.3 is 20.8 Å². The van der Waals surface area contributed by atoms with Crippen molar-refractivity contribution in [1.29, 1.82) is 0 Å². The monoisotopic (exact) mass is 197 g/mol. The Morgan fingerprint density at radius 1 is 1.67 bits per heavy atom. The molecule has 0 aromatic rings. The van der Waals surface area contributed by atoms with Crippen molar-refractivity contribution in [2.75, 3.05) is 0 Å². The maximum atomic E-state index is 10.9. The van der Waals surface area contributed by atoms with Gasteiger partial charge in [-0.3, -0.25) is 9.36 Å². The molecule has 0 aromatic heterocycles. The van der Waals surface area contributed by atoms with Crippen molar-refractivity contribution < 1.29 is 20.5 Å². The molecule has 7 heteroatoms. The van der Waals surface area contributed by atoms with E-state index in [0.29, 0.717) is 0 Å². The van der Waals surface area contributed by atoms with Crippen molar-refractivity contribution in [2.24, 2.45) is 5.73 Å². The van der Waals surface area contributed by atoms with Gasteiger partial charge in [0.1, 0.15) is 5.76 Å². The highest BCUT2D eigenvalue weighted by Gasteiger charge is 2.26. The molecule has 72 valence electrons. The van der Waals surface area contributed by atoms with Crippen LogP contribution in [-0.4, -0.2) is 27.5 Å². The van der Waals surface area contributed by atoms with Gasteiger partial charge in [0.05, 0.1) is 7.41 Å². The first kappa shape index (κ1) is 9.67. The van der Waals surface area contributed by atoms with E-state index in [-0.39, 0.29) is 0 Å². The number of hydrogen-bond donors (Lipinski definition) is 4. The minimum absolute atomic E-state index is 0.777. The molecule has 0 radical (unpaired) electrons. The van der Waals surface area contributed by atoms with E-state index < -0.39 is 25.3 Å². The summed E-state index contributed by atoms with van der Waals surface area (Å²) in [5.74, 6) is -3.10. The summed E-state index contributed by atoms with van der Waals surface area (Å²) in [6.07, 6.45) is 0. The van der Waals surface area contributed by atoms with Crippen molar-refractivity contribution in [2.45, 2.75) is 25.6 Å². The summed E-state index contributed by atoms with van der Waals surface area (Å²) in [6, 6.07) is -0.906. The van der Waals surface area contributed by atoms with E-state index in [0.717, 1.165) is 6.92 Å². The molecule has 5 N–H and O–H groups in total. The van der Waals surface area contributed by atoms with Gasteiger partial charge in [0.15, 0.2) is 0 Å². The van der Waals surface area contributed by atoms with Crippen LogP contribution in [0.3, 0.4) is 0 Å². The van der Waals surface area contributed by atoms with E-state index in [1.54, 1.807) is 0 Å². The van der Waals surface area contributed by atoms with E-state index in [4.69, 9.17) is 16.9 Å². The molecule has 0 heterocycles. The molecular weight excluding hydrogens is 183 g/mol. The van der Waals surface area contributed by atoms with E-state index >= 15 is 0 Å². The van der Waals surface area contributed by atoms with E-state index in [9.17, 15) is 9.36 Å². The van der Waals surface area contributed by atoms with Crippen molar-refractivity contribution in [3.63, 3.8) is 0 Å². The highest BCUT2D eigenvalue weighted by atomic mass is 31.2. The summed E-state index contributed by atoms with van der Waals surface area (Å²) in [5, 5.41) is 1.84. The van der Waals surface area contributed by atoms with Crippen LogP contribution in [0.1, 0.15) is 15.2 Å². The SMILES string of the molecule is [2H]C(C)(NC(=O)[C@H](C)N)P(=O)(O)O. The maximum Gasteiger partial charge on any atom is 0.347 e. The van der Waals surface area contributed by atoms with E-state index in [2.05, 4.69) is 0 Å². The van der Waals surface area contributed by atoms with Crippen LogP contribution in [0.15, 0.2) is 0 Å². The van der Waals surface area contributed by atoms with Crippen molar-refractivity contribution in [3.8, 4) is 0 Å². The number of rotatable bonds is 3. The van der Waals surface area contributed by atoms with Crippen LogP contribution in [0, 0.1) is 0 Å². The summed E-state index contributed by atoms with van der Waals surface area (Å²) >= 11 is 0. The molecule has 0 rings (SSSR count). The second kappa shape index (κ2) is 4.00. The lowest BCUT2D eigenvalue weighted by molar-refractivity contribution is -0.122.